The molecule has 8 atom stereocenters. The summed E-state index contributed by atoms with van der Waals surface area (Å²) in [6, 6.07) is 0. The van der Waals surface area contributed by atoms with Gasteiger partial charge in [0.15, 0.2) is 5.78 Å². The van der Waals surface area contributed by atoms with Crippen molar-refractivity contribution in [3.8, 4) is 0 Å². The average Bonchev–Trinajstić information content (AvgIpc) is 3.20. The van der Waals surface area contributed by atoms with Crippen molar-refractivity contribution in [2.24, 2.45) is 40.4 Å². The Bertz CT molecular complexity index is 654. The second-order valence-electron chi connectivity index (χ2n) is 10.2. The maximum absolute atomic E-state index is 11.9. The van der Waals surface area contributed by atoms with E-state index in [9.17, 15) is 9.90 Å². The van der Waals surface area contributed by atoms with Crippen LogP contribution < -0.4 is 0 Å². The number of hydrogen-bond donors (Lipinski definition) is 1. The van der Waals surface area contributed by atoms with E-state index in [2.05, 4.69) is 13.8 Å². The van der Waals surface area contributed by atoms with Gasteiger partial charge in [0.05, 0.1) is 12.2 Å². The largest absolute Gasteiger partial charge is 0.387 e. The molecule has 0 bridgehead atoms. The van der Waals surface area contributed by atoms with Gasteiger partial charge in [0.1, 0.15) is 0 Å². The Morgan fingerprint density at radius 1 is 1.32 bits per heavy atom. The molecule has 0 amide bonds. The van der Waals surface area contributed by atoms with Crippen molar-refractivity contribution in [2.75, 3.05) is 13.7 Å². The van der Waals surface area contributed by atoms with Crippen LogP contribution in [0.3, 0.4) is 0 Å². The summed E-state index contributed by atoms with van der Waals surface area (Å²) in [6.45, 7) is 5.27. The van der Waals surface area contributed by atoms with Crippen LogP contribution in [0.1, 0.15) is 58.8 Å². The number of aliphatic hydroxyl groups is 1. The fourth-order valence-corrected chi connectivity index (χ4v) is 8.51. The first kappa shape index (κ1) is 16.5. The molecule has 25 heavy (non-hydrogen) atoms. The number of rotatable bonds is 2. The molecule has 4 fully saturated rings. The van der Waals surface area contributed by atoms with Crippen LogP contribution in [0.25, 0.3) is 0 Å². The molecule has 3 unspecified atom stereocenters. The van der Waals surface area contributed by atoms with Gasteiger partial charge in [0.25, 0.3) is 0 Å². The molecule has 0 radical (unpaired) electrons. The minimum atomic E-state index is -0.645. The zero-order valence-electron chi connectivity index (χ0n) is 15.9. The standard InChI is InChI=1S/C22H32O3/c1-13-8-14-9-16(23)4-5-17(14)18-6-7-20(2)21(24,12-25-3)10-15-11-22(15,20)19(13)18/h9,13,15,17-19,24H,4-8,10-12H2,1-3H3/t13?,15?,17-,18+,19+,20+,21?,22-/m0/s1. The maximum Gasteiger partial charge on any atom is 0.155 e. The predicted molar refractivity (Wildman–Crippen MR) is 95.9 cm³/mol. The van der Waals surface area contributed by atoms with Gasteiger partial charge in [-0.15, -0.1) is 0 Å². The number of ether oxygens (including phenoxy) is 1. The first-order valence-electron chi connectivity index (χ1n) is 10.3. The molecule has 1 spiro atoms. The van der Waals surface area contributed by atoms with Crippen molar-refractivity contribution in [1.29, 1.82) is 0 Å². The van der Waals surface area contributed by atoms with Gasteiger partial charge in [-0.25, -0.2) is 0 Å². The molecule has 5 aliphatic rings. The van der Waals surface area contributed by atoms with Crippen LogP contribution in [0, 0.1) is 40.4 Å². The monoisotopic (exact) mass is 344 g/mol. The number of fused-ring (bicyclic) bond motifs is 3. The highest BCUT2D eigenvalue weighted by atomic mass is 16.5. The number of ketones is 1. The van der Waals surface area contributed by atoms with Gasteiger partial charge >= 0.3 is 0 Å². The molecule has 0 aromatic heterocycles. The lowest BCUT2D eigenvalue weighted by Gasteiger charge is -2.59. The molecular weight excluding hydrogens is 312 g/mol. The molecule has 4 saturated carbocycles. The van der Waals surface area contributed by atoms with Gasteiger partial charge in [-0.2, -0.15) is 0 Å². The second-order valence-corrected chi connectivity index (χ2v) is 10.2. The lowest BCUT2D eigenvalue weighted by molar-refractivity contribution is -0.173. The SMILES string of the molecule is COCC1(O)CC2C[C@@]23[C@@H]2C(C)CC4=CC(=O)CC[C@@H]4[C@H]2CC[C@]13C. The maximum atomic E-state index is 11.9. The van der Waals surface area contributed by atoms with E-state index in [1.807, 2.05) is 6.08 Å². The first-order valence-corrected chi connectivity index (χ1v) is 10.3. The third-order valence-electron chi connectivity index (χ3n) is 9.42. The van der Waals surface area contributed by atoms with Crippen molar-refractivity contribution in [1.82, 2.24) is 0 Å². The molecule has 138 valence electrons. The number of allylic oxidation sites excluding steroid dienone is 1. The zero-order valence-corrected chi connectivity index (χ0v) is 15.9. The average molecular weight is 344 g/mol. The van der Waals surface area contributed by atoms with Crippen molar-refractivity contribution >= 4 is 5.78 Å². The molecule has 0 aromatic rings. The van der Waals surface area contributed by atoms with Gasteiger partial charge in [-0.05, 0) is 79.6 Å². The molecule has 3 heteroatoms. The van der Waals surface area contributed by atoms with Gasteiger partial charge in [-0.3, -0.25) is 4.79 Å². The normalized spacial score (nSPS) is 56.4. The minimum absolute atomic E-state index is 0.00179. The van der Waals surface area contributed by atoms with Crippen LogP contribution in [0.5, 0.6) is 0 Å². The summed E-state index contributed by atoms with van der Waals surface area (Å²) < 4.78 is 5.47. The minimum Gasteiger partial charge on any atom is -0.387 e. The lowest BCUT2D eigenvalue weighted by Crippen LogP contribution is -2.58. The molecule has 0 heterocycles. The number of methoxy groups -OCH3 is 1. The van der Waals surface area contributed by atoms with E-state index in [4.69, 9.17) is 4.74 Å². The molecule has 5 rings (SSSR count). The van der Waals surface area contributed by atoms with Crippen LogP contribution in [0.4, 0.5) is 0 Å². The Kier molecular flexibility index (Phi) is 3.29. The highest BCUT2D eigenvalue weighted by Crippen LogP contribution is 2.84. The summed E-state index contributed by atoms with van der Waals surface area (Å²) in [5.41, 5.74) is 1.14. The van der Waals surface area contributed by atoms with Crippen molar-refractivity contribution in [3.63, 3.8) is 0 Å². The highest BCUT2D eigenvalue weighted by molar-refractivity contribution is 5.91. The van der Waals surface area contributed by atoms with Gasteiger partial charge < -0.3 is 9.84 Å². The zero-order chi connectivity index (χ0) is 17.6. The Balaban J connectivity index is 1.54. The van der Waals surface area contributed by atoms with Crippen molar-refractivity contribution < 1.29 is 14.6 Å². The van der Waals surface area contributed by atoms with Gasteiger partial charge in [0, 0.05) is 18.9 Å². The number of hydrogen-bond acceptors (Lipinski definition) is 3. The summed E-state index contributed by atoms with van der Waals surface area (Å²) in [4.78, 5) is 11.9. The summed E-state index contributed by atoms with van der Waals surface area (Å²) >= 11 is 0. The quantitative estimate of drug-likeness (QED) is 0.830. The summed E-state index contributed by atoms with van der Waals surface area (Å²) in [5.74, 6) is 3.74. The van der Waals surface area contributed by atoms with E-state index in [1.165, 1.54) is 18.4 Å². The topological polar surface area (TPSA) is 46.5 Å². The highest BCUT2D eigenvalue weighted by Gasteiger charge is 2.81. The summed E-state index contributed by atoms with van der Waals surface area (Å²) in [7, 11) is 1.73. The summed E-state index contributed by atoms with van der Waals surface area (Å²) in [6.07, 6.45) is 9.48. The van der Waals surface area contributed by atoms with Crippen molar-refractivity contribution in [3.05, 3.63) is 11.6 Å². The van der Waals surface area contributed by atoms with Crippen LogP contribution >= 0.6 is 0 Å². The fraction of sp³-hybridized carbons (Fsp3) is 0.864. The van der Waals surface area contributed by atoms with Crippen LogP contribution in [0.15, 0.2) is 11.6 Å². The second kappa shape index (κ2) is 4.98. The van der Waals surface area contributed by atoms with E-state index in [1.54, 1.807) is 7.11 Å². The Morgan fingerprint density at radius 3 is 2.88 bits per heavy atom. The number of carbonyl (C=O) groups is 1. The molecule has 0 saturated heterocycles. The fourth-order valence-electron chi connectivity index (χ4n) is 8.51. The Hall–Kier alpha value is -0.670. The van der Waals surface area contributed by atoms with Crippen LogP contribution in [-0.4, -0.2) is 30.2 Å². The molecule has 3 nitrogen and oxygen atoms in total. The predicted octanol–water partition coefficient (Wildman–Crippen LogP) is 3.75. The molecule has 0 aliphatic heterocycles. The third-order valence-corrected chi connectivity index (χ3v) is 9.42. The molecule has 0 aromatic carbocycles. The molecule has 1 N–H and O–H groups in total. The van der Waals surface area contributed by atoms with Crippen LogP contribution in [-0.2, 0) is 9.53 Å². The Morgan fingerprint density at radius 2 is 2.12 bits per heavy atom. The van der Waals surface area contributed by atoms with E-state index >= 15 is 0 Å². The summed E-state index contributed by atoms with van der Waals surface area (Å²) in [5, 5.41) is 11.5. The third kappa shape index (κ3) is 1.82. The smallest absolute Gasteiger partial charge is 0.155 e. The van der Waals surface area contributed by atoms with Crippen LogP contribution in [0.2, 0.25) is 0 Å². The van der Waals surface area contributed by atoms with Gasteiger partial charge in [0.2, 0.25) is 0 Å². The van der Waals surface area contributed by atoms with Gasteiger partial charge in [-0.1, -0.05) is 19.4 Å². The van der Waals surface area contributed by atoms with E-state index < -0.39 is 5.60 Å². The first-order chi connectivity index (χ1) is 11.9. The van der Waals surface area contributed by atoms with E-state index in [0.29, 0.717) is 35.6 Å². The lowest BCUT2D eigenvalue weighted by atomic mass is 9.46. The number of carbonyl (C=O) groups excluding carboxylic acids is 1. The van der Waals surface area contributed by atoms with Crippen molar-refractivity contribution in [2.45, 2.75) is 64.4 Å². The molecule has 5 aliphatic carbocycles. The van der Waals surface area contributed by atoms with E-state index in [0.717, 1.165) is 43.9 Å². The van der Waals surface area contributed by atoms with E-state index in [-0.39, 0.29) is 5.41 Å². The Labute approximate surface area is 151 Å². The molecular formula is C22H32O3.